The molecule has 0 radical (unpaired) electrons. The molecule has 1 aliphatic heterocycles. The van der Waals surface area contributed by atoms with Gasteiger partial charge in [0.2, 0.25) is 0 Å². The van der Waals surface area contributed by atoms with Crippen molar-refractivity contribution >= 4 is 30.2 Å². The van der Waals surface area contributed by atoms with Gasteiger partial charge in [-0.15, -0.1) is 11.8 Å². The van der Waals surface area contributed by atoms with Crippen molar-refractivity contribution in [1.82, 2.24) is 0 Å². The Morgan fingerprint density at radius 2 is 2.15 bits per heavy atom. The average molecular weight is 229 g/mol. The van der Waals surface area contributed by atoms with Gasteiger partial charge in [-0.1, -0.05) is 19.2 Å². The van der Waals surface area contributed by atoms with Gasteiger partial charge in [0.05, 0.1) is 0 Å². The van der Waals surface area contributed by atoms with E-state index in [4.69, 9.17) is 11.1 Å². The van der Waals surface area contributed by atoms with Crippen molar-refractivity contribution in [2.45, 2.75) is 20.0 Å². The van der Waals surface area contributed by atoms with Crippen molar-refractivity contribution < 1.29 is 0 Å². The minimum atomic E-state index is -1.65. The number of thioether (sulfide) groups is 1. The van der Waals surface area contributed by atoms with E-state index in [-0.39, 0.29) is 0 Å². The number of halogens is 1. The first-order valence-corrected chi connectivity index (χ1v) is 9.45. The minimum Gasteiger partial charge on any atom is -0.161 e. The van der Waals surface area contributed by atoms with Crippen LogP contribution in [0.2, 0.25) is 13.1 Å². The van der Waals surface area contributed by atoms with Gasteiger partial charge in [0.25, 0.3) is 0 Å². The quantitative estimate of drug-likeness (QED) is 0.485. The summed E-state index contributed by atoms with van der Waals surface area (Å²) in [6, 6.07) is 0. The third-order valence-electron chi connectivity index (χ3n) is 2.40. The summed E-state index contributed by atoms with van der Waals surface area (Å²) in [6.45, 7) is 6.58. The van der Waals surface area contributed by atoms with Crippen LogP contribution in [0.4, 0.5) is 0 Å². The molecule has 0 saturated carbocycles. The molecule has 2 rings (SSSR count). The third kappa shape index (κ3) is 1.56. The lowest BCUT2D eigenvalue weighted by molar-refractivity contribution is 1.50. The molecule has 0 spiro atoms. The van der Waals surface area contributed by atoms with Gasteiger partial charge in [0.1, 0.15) is 0 Å². The van der Waals surface area contributed by atoms with Gasteiger partial charge in [0.15, 0.2) is 7.38 Å². The fourth-order valence-electron chi connectivity index (χ4n) is 2.01. The molecule has 70 valence electrons. The second kappa shape index (κ2) is 3.04. The first-order chi connectivity index (χ1) is 6.00. The van der Waals surface area contributed by atoms with E-state index in [0.29, 0.717) is 0 Å². The van der Waals surface area contributed by atoms with Crippen LogP contribution in [0.15, 0.2) is 33.4 Å². The SMILES string of the molecule is CC1=C([Si](C)(C)Cl)C2=CCSC2=C1. The summed E-state index contributed by atoms with van der Waals surface area (Å²) in [4.78, 5) is 1.44. The van der Waals surface area contributed by atoms with Gasteiger partial charge in [-0.2, -0.15) is 11.1 Å². The Labute approximate surface area is 89.5 Å². The molecular weight excluding hydrogens is 216 g/mol. The van der Waals surface area contributed by atoms with E-state index < -0.39 is 7.38 Å². The average Bonchev–Trinajstić information content (AvgIpc) is 2.41. The molecule has 0 N–H and O–H groups in total. The Kier molecular flexibility index (Phi) is 2.25. The first kappa shape index (κ1) is 9.63. The highest BCUT2D eigenvalue weighted by Crippen LogP contribution is 2.46. The summed E-state index contributed by atoms with van der Waals surface area (Å²) in [7, 11) is -1.65. The number of allylic oxidation sites excluding steroid dienone is 4. The Balaban J connectivity index is 2.47. The zero-order valence-corrected chi connectivity index (χ0v) is 10.7. The first-order valence-electron chi connectivity index (χ1n) is 4.46. The number of hydrogen-bond donors (Lipinski definition) is 0. The minimum absolute atomic E-state index is 1.12. The number of hydrogen-bond acceptors (Lipinski definition) is 1. The highest BCUT2D eigenvalue weighted by atomic mass is 35.6. The molecule has 0 bridgehead atoms. The Hall–Kier alpha value is 0.0769. The molecule has 0 saturated heterocycles. The van der Waals surface area contributed by atoms with Gasteiger partial charge in [-0.05, 0) is 29.3 Å². The summed E-state index contributed by atoms with van der Waals surface area (Å²) in [6.07, 6.45) is 4.61. The van der Waals surface area contributed by atoms with Crippen molar-refractivity contribution in [3.63, 3.8) is 0 Å². The molecule has 0 atom stereocenters. The van der Waals surface area contributed by atoms with E-state index >= 15 is 0 Å². The van der Waals surface area contributed by atoms with Gasteiger partial charge >= 0.3 is 0 Å². The molecule has 0 unspecified atom stereocenters. The fourth-order valence-corrected chi connectivity index (χ4v) is 5.77. The van der Waals surface area contributed by atoms with Crippen molar-refractivity contribution in [2.75, 3.05) is 5.75 Å². The lowest BCUT2D eigenvalue weighted by atomic mass is 10.2. The summed E-state index contributed by atoms with van der Waals surface area (Å²) in [5, 5.41) is 1.45. The molecular formula is C10H13ClSSi. The van der Waals surface area contributed by atoms with Crippen LogP contribution in [0, 0.1) is 0 Å². The van der Waals surface area contributed by atoms with Crippen molar-refractivity contribution in [2.24, 2.45) is 0 Å². The highest BCUT2D eigenvalue weighted by Gasteiger charge is 2.34. The monoisotopic (exact) mass is 228 g/mol. The molecule has 13 heavy (non-hydrogen) atoms. The Morgan fingerprint density at radius 3 is 2.77 bits per heavy atom. The summed E-state index contributed by atoms with van der Waals surface area (Å²) >= 11 is 8.43. The predicted molar refractivity (Wildman–Crippen MR) is 64.7 cm³/mol. The van der Waals surface area contributed by atoms with Crippen molar-refractivity contribution in [3.05, 3.63) is 33.4 Å². The molecule has 2 aliphatic rings. The lowest BCUT2D eigenvalue weighted by Crippen LogP contribution is -2.22. The van der Waals surface area contributed by atoms with E-state index in [1.807, 2.05) is 11.8 Å². The molecule has 1 aliphatic carbocycles. The standard InChI is InChI=1S/C10H13ClSSi/c1-7-6-9-8(4-5-12-9)10(7)13(2,3)11/h4,6H,5H2,1-3H3. The molecule has 0 aromatic heterocycles. The Bertz CT molecular complexity index is 344. The molecule has 3 heteroatoms. The van der Waals surface area contributed by atoms with Gasteiger partial charge in [-0.25, -0.2) is 0 Å². The van der Waals surface area contributed by atoms with Crippen LogP contribution < -0.4 is 0 Å². The van der Waals surface area contributed by atoms with Crippen LogP contribution in [-0.4, -0.2) is 13.1 Å². The molecule has 0 fully saturated rings. The van der Waals surface area contributed by atoms with Crippen LogP contribution in [0.25, 0.3) is 0 Å². The molecule has 1 heterocycles. The van der Waals surface area contributed by atoms with Crippen molar-refractivity contribution in [1.29, 1.82) is 0 Å². The lowest BCUT2D eigenvalue weighted by Gasteiger charge is -2.18. The van der Waals surface area contributed by atoms with Crippen LogP contribution in [0.5, 0.6) is 0 Å². The molecule has 0 amide bonds. The highest BCUT2D eigenvalue weighted by molar-refractivity contribution is 8.03. The van der Waals surface area contributed by atoms with E-state index in [9.17, 15) is 0 Å². The summed E-state index contributed by atoms with van der Waals surface area (Å²) in [5.41, 5.74) is 2.83. The zero-order chi connectivity index (χ0) is 9.64. The maximum atomic E-state index is 6.50. The van der Waals surface area contributed by atoms with Gasteiger partial charge < -0.3 is 0 Å². The van der Waals surface area contributed by atoms with E-state index in [2.05, 4.69) is 32.2 Å². The number of fused-ring (bicyclic) bond motifs is 1. The summed E-state index contributed by atoms with van der Waals surface area (Å²) in [5.74, 6) is 1.12. The van der Waals surface area contributed by atoms with Gasteiger partial charge in [-0.3, -0.25) is 0 Å². The number of rotatable bonds is 1. The van der Waals surface area contributed by atoms with Crippen LogP contribution in [0.3, 0.4) is 0 Å². The van der Waals surface area contributed by atoms with E-state index in [0.717, 1.165) is 5.75 Å². The largest absolute Gasteiger partial charge is 0.181 e. The fraction of sp³-hybridized carbons (Fsp3) is 0.400. The maximum Gasteiger partial charge on any atom is 0.181 e. The third-order valence-corrected chi connectivity index (χ3v) is 5.80. The molecule has 0 aromatic rings. The van der Waals surface area contributed by atoms with Crippen LogP contribution in [0.1, 0.15) is 6.92 Å². The van der Waals surface area contributed by atoms with Crippen molar-refractivity contribution in [3.8, 4) is 0 Å². The normalized spacial score (nSPS) is 21.8. The van der Waals surface area contributed by atoms with E-state index in [1.54, 1.807) is 0 Å². The predicted octanol–water partition coefficient (Wildman–Crippen LogP) is 3.86. The molecule has 0 aromatic carbocycles. The molecule has 0 nitrogen and oxygen atoms in total. The van der Waals surface area contributed by atoms with Gasteiger partial charge in [0, 0.05) is 10.7 Å². The second-order valence-electron chi connectivity index (χ2n) is 3.97. The van der Waals surface area contributed by atoms with Crippen LogP contribution in [-0.2, 0) is 0 Å². The van der Waals surface area contributed by atoms with E-state index in [1.165, 1.54) is 21.2 Å². The Morgan fingerprint density at radius 1 is 1.46 bits per heavy atom. The summed E-state index contributed by atoms with van der Waals surface area (Å²) < 4.78 is 0. The second-order valence-corrected chi connectivity index (χ2v) is 11.3. The zero-order valence-electron chi connectivity index (χ0n) is 8.15. The maximum absolute atomic E-state index is 6.50. The topological polar surface area (TPSA) is 0 Å². The van der Waals surface area contributed by atoms with Crippen LogP contribution >= 0.6 is 22.8 Å². The smallest absolute Gasteiger partial charge is 0.161 e.